The lowest BCUT2D eigenvalue weighted by Gasteiger charge is -2.12. The van der Waals surface area contributed by atoms with Crippen molar-refractivity contribution in [1.82, 2.24) is 9.88 Å². The van der Waals surface area contributed by atoms with Crippen molar-refractivity contribution in [2.45, 2.75) is 6.54 Å². The highest BCUT2D eigenvalue weighted by atomic mass is 79.9. The smallest absolute Gasteiger partial charge is 0.298 e. The Hall–Kier alpha value is -2.59. The molecule has 33 heavy (non-hydrogen) atoms. The van der Waals surface area contributed by atoms with Gasteiger partial charge in [-0.15, -0.1) is 0 Å². The van der Waals surface area contributed by atoms with E-state index in [0.29, 0.717) is 28.8 Å². The van der Waals surface area contributed by atoms with Gasteiger partial charge >= 0.3 is 0 Å². The van der Waals surface area contributed by atoms with E-state index in [1.807, 2.05) is 22.8 Å². The van der Waals surface area contributed by atoms with Crippen LogP contribution in [0.15, 0.2) is 58.0 Å². The summed E-state index contributed by atoms with van der Waals surface area (Å²) < 4.78 is 7.64. The summed E-state index contributed by atoms with van der Waals surface area (Å²) in [6, 6.07) is 12.3. The molecule has 10 heteroatoms. The molecule has 3 aromatic rings. The first-order valence-corrected chi connectivity index (χ1v) is 11.9. The molecule has 1 N–H and O–H groups in total. The van der Waals surface area contributed by atoms with Crippen molar-refractivity contribution in [3.63, 3.8) is 0 Å². The number of ether oxygens (including phenoxy) is 1. The fraction of sp³-hybridized carbons (Fsp3) is 0.174. The molecule has 1 fully saturated rings. The number of amides is 3. The van der Waals surface area contributed by atoms with E-state index in [9.17, 15) is 14.4 Å². The van der Waals surface area contributed by atoms with E-state index in [0.717, 1.165) is 37.6 Å². The first-order chi connectivity index (χ1) is 15.9. The Morgan fingerprint density at radius 3 is 2.82 bits per heavy atom. The lowest BCUT2D eigenvalue weighted by molar-refractivity contribution is -0.121. The fourth-order valence-corrected chi connectivity index (χ4v) is 4.87. The molecule has 3 amide bonds. The topological polar surface area (TPSA) is 80.6 Å². The van der Waals surface area contributed by atoms with E-state index in [2.05, 4.69) is 21.2 Å². The zero-order valence-electron chi connectivity index (χ0n) is 17.5. The Bertz CT molecular complexity index is 1290. The van der Waals surface area contributed by atoms with Crippen LogP contribution in [0.25, 0.3) is 17.0 Å². The Morgan fingerprint density at radius 1 is 1.24 bits per heavy atom. The van der Waals surface area contributed by atoms with Crippen molar-refractivity contribution >= 4 is 79.0 Å². The van der Waals surface area contributed by atoms with E-state index in [1.54, 1.807) is 43.6 Å². The van der Waals surface area contributed by atoms with Crippen LogP contribution in [-0.4, -0.2) is 41.9 Å². The molecular weight excluding hydrogens is 530 g/mol. The van der Waals surface area contributed by atoms with Crippen molar-refractivity contribution in [3.8, 4) is 0 Å². The second-order valence-electron chi connectivity index (χ2n) is 7.21. The molecule has 0 aliphatic carbocycles. The van der Waals surface area contributed by atoms with Gasteiger partial charge in [-0.1, -0.05) is 33.6 Å². The summed E-state index contributed by atoms with van der Waals surface area (Å²) in [6.07, 6.45) is 3.49. The Kier molecular flexibility index (Phi) is 7.23. The van der Waals surface area contributed by atoms with Crippen LogP contribution in [0.5, 0.6) is 0 Å². The molecule has 0 atom stereocenters. The van der Waals surface area contributed by atoms with Crippen molar-refractivity contribution in [2.24, 2.45) is 0 Å². The SMILES string of the molecule is COCCNC(=O)Cn1cc(/C=C2\SC(=O)N(c3cccc(Cl)c3)C2=O)c2cc(Br)ccc21. The third kappa shape index (κ3) is 5.16. The van der Waals surface area contributed by atoms with Gasteiger partial charge in [0.05, 0.1) is 17.2 Å². The van der Waals surface area contributed by atoms with Crippen LogP contribution >= 0.6 is 39.3 Å². The Balaban J connectivity index is 1.67. The van der Waals surface area contributed by atoms with Gasteiger partial charge in [0.1, 0.15) is 6.54 Å². The normalized spacial score (nSPS) is 15.1. The number of hydrogen-bond acceptors (Lipinski definition) is 5. The van der Waals surface area contributed by atoms with Crippen LogP contribution < -0.4 is 10.2 Å². The zero-order valence-corrected chi connectivity index (χ0v) is 20.7. The number of thioether (sulfide) groups is 1. The van der Waals surface area contributed by atoms with Crippen LogP contribution in [0.1, 0.15) is 5.56 Å². The monoisotopic (exact) mass is 547 g/mol. The number of methoxy groups -OCH3 is 1. The average Bonchev–Trinajstić information content (AvgIpc) is 3.24. The molecule has 1 aliphatic rings. The summed E-state index contributed by atoms with van der Waals surface area (Å²) in [7, 11) is 1.57. The predicted octanol–water partition coefficient (Wildman–Crippen LogP) is 5.06. The number of carbonyl (C=O) groups excluding carboxylic acids is 3. The molecule has 0 radical (unpaired) electrons. The maximum absolute atomic E-state index is 13.0. The lowest BCUT2D eigenvalue weighted by Crippen LogP contribution is -2.30. The number of aromatic nitrogens is 1. The molecule has 170 valence electrons. The van der Waals surface area contributed by atoms with Crippen LogP contribution in [0.4, 0.5) is 10.5 Å². The highest BCUT2D eigenvalue weighted by Gasteiger charge is 2.36. The second-order valence-corrected chi connectivity index (χ2v) is 9.56. The summed E-state index contributed by atoms with van der Waals surface area (Å²) >= 11 is 10.4. The van der Waals surface area contributed by atoms with E-state index < -0.39 is 11.1 Å². The van der Waals surface area contributed by atoms with Crippen molar-refractivity contribution in [1.29, 1.82) is 0 Å². The largest absolute Gasteiger partial charge is 0.383 e. The van der Waals surface area contributed by atoms with Crippen LogP contribution in [0.2, 0.25) is 5.02 Å². The minimum absolute atomic E-state index is 0.111. The summed E-state index contributed by atoms with van der Waals surface area (Å²) in [4.78, 5) is 39.4. The van der Waals surface area contributed by atoms with Gasteiger partial charge in [0.15, 0.2) is 0 Å². The number of hydrogen-bond donors (Lipinski definition) is 1. The van der Waals surface area contributed by atoms with Gasteiger partial charge in [0, 0.05) is 45.8 Å². The minimum Gasteiger partial charge on any atom is -0.383 e. The molecular formula is C23H19BrClN3O4S. The number of carbonyl (C=O) groups is 3. The van der Waals surface area contributed by atoms with Gasteiger partial charge in [-0.25, -0.2) is 4.90 Å². The third-order valence-electron chi connectivity index (χ3n) is 4.96. The van der Waals surface area contributed by atoms with E-state index >= 15 is 0 Å². The second kappa shape index (κ2) is 10.1. The number of rotatable bonds is 7. The number of fused-ring (bicyclic) bond motifs is 1. The van der Waals surface area contributed by atoms with E-state index in [4.69, 9.17) is 16.3 Å². The summed E-state index contributed by atoms with van der Waals surface area (Å²) in [5.74, 6) is -0.569. The number of nitrogens with zero attached hydrogens (tertiary/aromatic N) is 2. The number of nitrogens with one attached hydrogen (secondary N) is 1. The highest BCUT2D eigenvalue weighted by molar-refractivity contribution is 9.10. The average molecular weight is 549 g/mol. The molecule has 4 rings (SSSR count). The lowest BCUT2D eigenvalue weighted by atomic mass is 10.1. The van der Waals surface area contributed by atoms with Gasteiger partial charge in [0.2, 0.25) is 5.91 Å². The Morgan fingerprint density at radius 2 is 2.06 bits per heavy atom. The highest BCUT2D eigenvalue weighted by Crippen LogP contribution is 2.37. The minimum atomic E-state index is -0.416. The van der Waals surface area contributed by atoms with E-state index in [-0.39, 0.29) is 12.5 Å². The number of benzene rings is 2. The summed E-state index contributed by atoms with van der Waals surface area (Å²) in [6.45, 7) is 0.961. The van der Waals surface area contributed by atoms with Crippen molar-refractivity contribution in [3.05, 3.63) is 68.6 Å². The molecule has 0 bridgehead atoms. The molecule has 0 unspecified atom stereocenters. The predicted molar refractivity (Wildman–Crippen MR) is 134 cm³/mol. The molecule has 0 saturated carbocycles. The number of anilines is 1. The van der Waals surface area contributed by atoms with Gasteiger partial charge < -0.3 is 14.6 Å². The number of halogens is 2. The quantitative estimate of drug-likeness (QED) is 0.330. The molecule has 1 saturated heterocycles. The Labute approximate surface area is 207 Å². The van der Waals surface area contributed by atoms with Gasteiger partial charge in [0.25, 0.3) is 11.1 Å². The first kappa shape index (κ1) is 23.6. The van der Waals surface area contributed by atoms with Gasteiger partial charge in [-0.3, -0.25) is 14.4 Å². The zero-order chi connectivity index (χ0) is 23.5. The van der Waals surface area contributed by atoms with Gasteiger partial charge in [-0.05, 0) is 54.2 Å². The standard InChI is InChI=1S/C23H19BrClN3O4S/c1-32-8-7-26-21(29)13-27-12-14(18-10-15(24)5-6-19(18)27)9-20-22(30)28(23(31)33-20)17-4-2-3-16(25)11-17/h2-6,9-12H,7-8,13H2,1H3,(H,26,29)/b20-9-. The van der Waals surface area contributed by atoms with Crippen LogP contribution in [0, 0.1) is 0 Å². The first-order valence-electron chi connectivity index (χ1n) is 9.95. The molecule has 1 aromatic heterocycles. The van der Waals surface area contributed by atoms with Gasteiger partial charge in [-0.2, -0.15) is 0 Å². The molecule has 0 spiro atoms. The van der Waals surface area contributed by atoms with Crippen LogP contribution in [-0.2, 0) is 20.9 Å². The van der Waals surface area contributed by atoms with Crippen LogP contribution in [0.3, 0.4) is 0 Å². The molecule has 2 aromatic carbocycles. The summed E-state index contributed by atoms with van der Waals surface area (Å²) in [5.41, 5.74) is 1.99. The van der Waals surface area contributed by atoms with Crippen molar-refractivity contribution < 1.29 is 19.1 Å². The molecule has 1 aliphatic heterocycles. The maximum atomic E-state index is 13.0. The molecule has 7 nitrogen and oxygen atoms in total. The number of imide groups is 1. The van der Waals surface area contributed by atoms with Crippen molar-refractivity contribution in [2.75, 3.05) is 25.2 Å². The maximum Gasteiger partial charge on any atom is 0.298 e. The fourth-order valence-electron chi connectivity index (χ4n) is 3.49. The summed E-state index contributed by atoms with van der Waals surface area (Å²) in [5, 5.41) is 3.70. The van der Waals surface area contributed by atoms with E-state index in [1.165, 1.54) is 0 Å². The third-order valence-corrected chi connectivity index (χ3v) is 6.56. The molecule has 2 heterocycles.